The average molecular weight is 305 g/mol. The number of nitrogens with zero attached hydrogens (tertiary/aromatic N) is 2. The summed E-state index contributed by atoms with van der Waals surface area (Å²) in [6.07, 6.45) is 0. The highest BCUT2D eigenvalue weighted by molar-refractivity contribution is 6.29. The third kappa shape index (κ3) is 2.04. The minimum absolute atomic E-state index is 0.276. The number of aromatic nitrogens is 2. The lowest BCUT2D eigenvalue weighted by Gasteiger charge is -2.11. The highest BCUT2D eigenvalue weighted by Gasteiger charge is 2.12. The smallest absolute Gasteiger partial charge is 0.218 e. The quantitative estimate of drug-likeness (QED) is 0.439. The van der Waals surface area contributed by atoms with Gasteiger partial charge in [0.1, 0.15) is 0 Å². The van der Waals surface area contributed by atoms with Gasteiger partial charge >= 0.3 is 0 Å². The van der Waals surface area contributed by atoms with Crippen LogP contribution < -0.4 is 0 Å². The van der Waals surface area contributed by atoms with Crippen molar-refractivity contribution in [2.45, 2.75) is 6.92 Å². The third-order valence-electron chi connectivity index (χ3n) is 3.97. The Labute approximate surface area is 133 Å². The van der Waals surface area contributed by atoms with Crippen molar-refractivity contribution in [3.8, 4) is 11.3 Å². The lowest BCUT2D eigenvalue weighted by Crippen LogP contribution is -1.92. The predicted octanol–water partition coefficient (Wildman–Crippen LogP) is 5.41. The Morgan fingerprint density at radius 1 is 0.727 bits per heavy atom. The molecule has 0 N–H and O–H groups in total. The summed E-state index contributed by atoms with van der Waals surface area (Å²) in [5.41, 5.74) is 4.08. The van der Waals surface area contributed by atoms with Crippen LogP contribution in [0.2, 0.25) is 5.28 Å². The number of benzene rings is 3. The molecule has 0 saturated heterocycles. The van der Waals surface area contributed by atoms with E-state index in [2.05, 4.69) is 53.3 Å². The van der Waals surface area contributed by atoms with Gasteiger partial charge in [-0.25, -0.2) is 9.97 Å². The van der Waals surface area contributed by atoms with Crippen LogP contribution in [0.5, 0.6) is 0 Å². The number of halogens is 1. The van der Waals surface area contributed by atoms with Gasteiger partial charge in [-0.05, 0) is 40.9 Å². The van der Waals surface area contributed by atoms with Crippen LogP contribution in [-0.4, -0.2) is 9.97 Å². The fraction of sp³-hybridized carbons (Fsp3) is 0.0526. The Morgan fingerprint density at radius 3 is 2.23 bits per heavy atom. The Bertz CT molecular complexity index is 1010. The molecule has 0 atom stereocenters. The van der Waals surface area contributed by atoms with E-state index in [-0.39, 0.29) is 5.28 Å². The van der Waals surface area contributed by atoms with Gasteiger partial charge in [0.2, 0.25) is 5.28 Å². The zero-order chi connectivity index (χ0) is 15.1. The summed E-state index contributed by atoms with van der Waals surface area (Å²) < 4.78 is 0. The van der Waals surface area contributed by atoms with Crippen molar-refractivity contribution < 1.29 is 0 Å². The molecule has 0 saturated carbocycles. The van der Waals surface area contributed by atoms with E-state index in [4.69, 9.17) is 11.6 Å². The van der Waals surface area contributed by atoms with Crippen LogP contribution in [0.25, 0.3) is 32.9 Å². The van der Waals surface area contributed by atoms with E-state index in [1.807, 2.05) is 24.3 Å². The number of rotatable bonds is 1. The SMILES string of the molecule is Cc1ccc(-c2nc(Cl)nc3ccccc23)c2ccccc12. The Morgan fingerprint density at radius 2 is 1.41 bits per heavy atom. The first kappa shape index (κ1) is 13.2. The fourth-order valence-electron chi connectivity index (χ4n) is 2.91. The first-order valence-electron chi connectivity index (χ1n) is 7.15. The molecule has 1 heterocycles. The van der Waals surface area contributed by atoms with Crippen molar-refractivity contribution in [3.63, 3.8) is 0 Å². The molecule has 0 radical (unpaired) electrons. The van der Waals surface area contributed by atoms with Gasteiger partial charge in [-0.2, -0.15) is 0 Å². The van der Waals surface area contributed by atoms with E-state index in [0.717, 1.165) is 22.2 Å². The molecule has 22 heavy (non-hydrogen) atoms. The van der Waals surface area contributed by atoms with E-state index in [0.29, 0.717) is 0 Å². The monoisotopic (exact) mass is 304 g/mol. The maximum atomic E-state index is 6.13. The summed E-state index contributed by atoms with van der Waals surface area (Å²) in [4.78, 5) is 8.82. The number of fused-ring (bicyclic) bond motifs is 2. The van der Waals surface area contributed by atoms with Crippen LogP contribution in [0, 0.1) is 6.92 Å². The highest BCUT2D eigenvalue weighted by atomic mass is 35.5. The summed E-state index contributed by atoms with van der Waals surface area (Å²) in [5.74, 6) is 0. The topological polar surface area (TPSA) is 25.8 Å². The van der Waals surface area contributed by atoms with Crippen molar-refractivity contribution in [2.75, 3.05) is 0 Å². The van der Waals surface area contributed by atoms with Crippen molar-refractivity contribution in [1.29, 1.82) is 0 Å². The molecule has 106 valence electrons. The van der Waals surface area contributed by atoms with E-state index in [1.165, 1.54) is 16.3 Å². The standard InChI is InChI=1S/C19H13ClN2/c1-12-10-11-15(14-7-3-2-6-13(12)14)18-16-8-4-5-9-17(16)21-19(20)22-18/h2-11H,1H3. The Balaban J connectivity index is 2.15. The highest BCUT2D eigenvalue weighted by Crippen LogP contribution is 2.33. The van der Waals surface area contributed by atoms with Crippen molar-refractivity contribution in [2.24, 2.45) is 0 Å². The molecule has 0 aliphatic rings. The van der Waals surface area contributed by atoms with Crippen LogP contribution in [-0.2, 0) is 0 Å². The molecule has 3 aromatic carbocycles. The van der Waals surface area contributed by atoms with Gasteiger partial charge in [0, 0.05) is 10.9 Å². The van der Waals surface area contributed by atoms with E-state index in [1.54, 1.807) is 0 Å². The molecule has 0 amide bonds. The molecule has 3 heteroatoms. The van der Waals surface area contributed by atoms with E-state index in [9.17, 15) is 0 Å². The minimum Gasteiger partial charge on any atom is -0.218 e. The lowest BCUT2D eigenvalue weighted by molar-refractivity contribution is 1.23. The summed E-state index contributed by atoms with van der Waals surface area (Å²) >= 11 is 6.13. The van der Waals surface area contributed by atoms with Crippen LogP contribution in [0.1, 0.15) is 5.56 Å². The number of para-hydroxylation sites is 1. The Kier molecular flexibility index (Phi) is 3.05. The largest absolute Gasteiger partial charge is 0.223 e. The van der Waals surface area contributed by atoms with Crippen LogP contribution in [0.4, 0.5) is 0 Å². The number of hydrogen-bond donors (Lipinski definition) is 0. The molecular weight excluding hydrogens is 292 g/mol. The molecule has 4 aromatic rings. The van der Waals surface area contributed by atoms with E-state index < -0.39 is 0 Å². The van der Waals surface area contributed by atoms with Gasteiger partial charge in [-0.3, -0.25) is 0 Å². The van der Waals surface area contributed by atoms with E-state index >= 15 is 0 Å². The summed E-state index contributed by atoms with van der Waals surface area (Å²) in [5, 5.41) is 3.71. The summed E-state index contributed by atoms with van der Waals surface area (Å²) in [7, 11) is 0. The minimum atomic E-state index is 0.276. The second-order valence-electron chi connectivity index (χ2n) is 5.33. The zero-order valence-electron chi connectivity index (χ0n) is 12.0. The van der Waals surface area contributed by atoms with Crippen molar-refractivity contribution in [1.82, 2.24) is 9.97 Å². The molecule has 0 spiro atoms. The molecule has 0 unspecified atom stereocenters. The van der Waals surface area contributed by atoms with Gasteiger partial charge in [0.25, 0.3) is 0 Å². The molecule has 1 aromatic heterocycles. The predicted molar refractivity (Wildman–Crippen MR) is 92.2 cm³/mol. The second kappa shape index (κ2) is 5.08. The first-order valence-corrected chi connectivity index (χ1v) is 7.53. The third-order valence-corrected chi connectivity index (χ3v) is 4.14. The second-order valence-corrected chi connectivity index (χ2v) is 5.67. The molecule has 2 nitrogen and oxygen atoms in total. The molecule has 0 aliphatic heterocycles. The average Bonchev–Trinajstić information content (AvgIpc) is 2.55. The molecule has 0 aliphatic carbocycles. The van der Waals surface area contributed by atoms with Gasteiger partial charge in [-0.15, -0.1) is 0 Å². The van der Waals surface area contributed by atoms with Crippen LogP contribution in [0.3, 0.4) is 0 Å². The van der Waals surface area contributed by atoms with Crippen LogP contribution in [0.15, 0.2) is 60.7 Å². The first-order chi connectivity index (χ1) is 10.7. The summed E-state index contributed by atoms with van der Waals surface area (Å²) in [6, 6.07) is 20.6. The molecular formula is C19H13ClN2. The number of aryl methyl sites for hydroxylation is 1. The van der Waals surface area contributed by atoms with Gasteiger partial charge in [0.05, 0.1) is 11.2 Å². The number of hydrogen-bond acceptors (Lipinski definition) is 2. The normalized spacial score (nSPS) is 11.2. The Hall–Kier alpha value is -2.45. The lowest BCUT2D eigenvalue weighted by atomic mass is 9.96. The fourth-order valence-corrected chi connectivity index (χ4v) is 3.09. The van der Waals surface area contributed by atoms with Crippen LogP contribution >= 0.6 is 11.6 Å². The molecule has 4 rings (SSSR count). The van der Waals surface area contributed by atoms with Crippen molar-refractivity contribution >= 4 is 33.3 Å². The zero-order valence-corrected chi connectivity index (χ0v) is 12.8. The molecule has 0 bridgehead atoms. The maximum absolute atomic E-state index is 6.13. The van der Waals surface area contributed by atoms with Gasteiger partial charge in [-0.1, -0.05) is 54.6 Å². The van der Waals surface area contributed by atoms with Crippen molar-refractivity contribution in [3.05, 3.63) is 71.5 Å². The summed E-state index contributed by atoms with van der Waals surface area (Å²) in [6.45, 7) is 2.12. The molecule has 0 fully saturated rings. The van der Waals surface area contributed by atoms with Gasteiger partial charge < -0.3 is 0 Å². The van der Waals surface area contributed by atoms with Gasteiger partial charge in [0.15, 0.2) is 0 Å². The maximum Gasteiger partial charge on any atom is 0.223 e.